The molecule has 0 radical (unpaired) electrons. The van der Waals surface area contributed by atoms with E-state index in [1.54, 1.807) is 18.2 Å². The van der Waals surface area contributed by atoms with Crippen LogP contribution in [0.2, 0.25) is 0 Å². The average Bonchev–Trinajstić information content (AvgIpc) is 2.80. The first-order valence-corrected chi connectivity index (χ1v) is 11.8. The van der Waals surface area contributed by atoms with Crippen LogP contribution in [0.3, 0.4) is 0 Å². The molecule has 0 spiro atoms. The second kappa shape index (κ2) is 14.4. The van der Waals surface area contributed by atoms with Gasteiger partial charge in [-0.25, -0.2) is 0 Å². The van der Waals surface area contributed by atoms with E-state index in [4.69, 9.17) is 14.2 Å². The predicted molar refractivity (Wildman–Crippen MR) is 134 cm³/mol. The van der Waals surface area contributed by atoms with Crippen LogP contribution in [-0.4, -0.2) is 42.8 Å². The molecule has 2 aromatic carbocycles. The highest BCUT2D eigenvalue weighted by Crippen LogP contribution is 2.29. The summed E-state index contributed by atoms with van der Waals surface area (Å²) in [4.78, 5) is 57.9. The van der Waals surface area contributed by atoms with Gasteiger partial charge >= 0.3 is 17.9 Å². The van der Waals surface area contributed by atoms with Crippen LogP contribution >= 0.6 is 0 Å². The van der Waals surface area contributed by atoms with Crippen LogP contribution in [0.5, 0.6) is 17.2 Å². The summed E-state index contributed by atoms with van der Waals surface area (Å²) in [5, 5.41) is 5.53. The highest BCUT2D eigenvalue weighted by atomic mass is 16.6. The molecule has 2 rings (SSSR count). The number of esters is 3. The van der Waals surface area contributed by atoms with E-state index in [-0.39, 0.29) is 36.2 Å². The summed E-state index contributed by atoms with van der Waals surface area (Å²) in [7, 11) is 0. The summed E-state index contributed by atoms with van der Waals surface area (Å²) in [5.74, 6) is -1.24. The van der Waals surface area contributed by atoms with E-state index in [0.29, 0.717) is 31.7 Å². The maximum Gasteiger partial charge on any atom is 0.308 e. The van der Waals surface area contributed by atoms with Crippen molar-refractivity contribution in [3.63, 3.8) is 0 Å². The molecule has 198 valence electrons. The number of hydrogen-bond donors (Lipinski definition) is 2. The lowest BCUT2D eigenvalue weighted by molar-refractivity contribution is -0.134. The van der Waals surface area contributed by atoms with E-state index < -0.39 is 17.9 Å². The van der Waals surface area contributed by atoms with Crippen molar-refractivity contribution in [1.82, 2.24) is 10.6 Å². The minimum atomic E-state index is -0.553. The number of rotatable bonds is 12. The first kappa shape index (κ1) is 29.0. The summed E-state index contributed by atoms with van der Waals surface area (Å²) in [5.41, 5.74) is 2.52. The highest BCUT2D eigenvalue weighted by Gasteiger charge is 2.12. The number of hydrogen-bond acceptors (Lipinski definition) is 8. The second-order valence-electron chi connectivity index (χ2n) is 8.36. The Bertz CT molecular complexity index is 1160. The monoisotopic (exact) mass is 512 g/mol. The predicted octanol–water partition coefficient (Wildman–Crippen LogP) is 2.57. The van der Waals surface area contributed by atoms with Crippen LogP contribution < -0.4 is 24.8 Å². The Hall–Kier alpha value is -4.21. The van der Waals surface area contributed by atoms with Crippen molar-refractivity contribution < 1.29 is 38.2 Å². The zero-order chi connectivity index (χ0) is 27.4. The number of carbonyl (C=O) groups excluding carboxylic acids is 5. The minimum Gasteiger partial charge on any atom is -0.426 e. The molecule has 2 amide bonds. The van der Waals surface area contributed by atoms with Crippen LogP contribution in [0.4, 0.5) is 0 Å². The number of amides is 2. The van der Waals surface area contributed by atoms with Crippen molar-refractivity contribution in [2.45, 2.75) is 53.4 Å². The van der Waals surface area contributed by atoms with E-state index in [1.165, 1.54) is 26.8 Å². The molecule has 0 aromatic heterocycles. The van der Waals surface area contributed by atoms with Gasteiger partial charge in [0.15, 0.2) is 11.5 Å². The molecule has 10 nitrogen and oxygen atoms in total. The number of ether oxygens (including phenoxy) is 3. The fraction of sp³-hybridized carbons (Fsp3) is 0.370. The third-order valence-electron chi connectivity index (χ3n) is 5.07. The summed E-state index contributed by atoms with van der Waals surface area (Å²) in [6.07, 6.45) is 1.08. The Kier molecular flexibility index (Phi) is 11.3. The average molecular weight is 513 g/mol. The Morgan fingerprint density at radius 3 is 1.57 bits per heavy atom. The lowest BCUT2D eigenvalue weighted by Gasteiger charge is -2.11. The number of benzene rings is 2. The summed E-state index contributed by atoms with van der Waals surface area (Å²) >= 11 is 0. The Morgan fingerprint density at radius 2 is 1.05 bits per heavy atom. The first-order valence-electron chi connectivity index (χ1n) is 11.8. The van der Waals surface area contributed by atoms with Gasteiger partial charge in [0.25, 0.3) is 0 Å². The lowest BCUT2D eigenvalue weighted by atomic mass is 10.1. The van der Waals surface area contributed by atoms with Gasteiger partial charge in [-0.2, -0.15) is 0 Å². The highest BCUT2D eigenvalue weighted by molar-refractivity contribution is 5.83. The SMILES string of the molecule is CC(=O)Oc1cc(CCNC(=O)CCC(=O)NCCc2ccc(OC(C)=O)c(OC(C)=O)c2)ccc1C. The van der Waals surface area contributed by atoms with E-state index >= 15 is 0 Å². The van der Waals surface area contributed by atoms with Gasteiger partial charge in [-0.15, -0.1) is 0 Å². The smallest absolute Gasteiger partial charge is 0.308 e. The van der Waals surface area contributed by atoms with Gasteiger partial charge in [-0.3, -0.25) is 24.0 Å². The van der Waals surface area contributed by atoms with Crippen molar-refractivity contribution in [3.05, 3.63) is 53.1 Å². The molecule has 2 aromatic rings. The molecule has 0 saturated heterocycles. The molecule has 0 saturated carbocycles. The molecule has 0 bridgehead atoms. The molecule has 0 unspecified atom stereocenters. The van der Waals surface area contributed by atoms with Crippen molar-refractivity contribution >= 4 is 29.7 Å². The van der Waals surface area contributed by atoms with Crippen molar-refractivity contribution in [1.29, 1.82) is 0 Å². The third-order valence-corrected chi connectivity index (χ3v) is 5.07. The van der Waals surface area contributed by atoms with E-state index in [1.807, 2.05) is 19.1 Å². The molecule has 2 N–H and O–H groups in total. The summed E-state index contributed by atoms with van der Waals surface area (Å²) in [6, 6.07) is 10.3. The quantitative estimate of drug-likeness (QED) is 0.327. The van der Waals surface area contributed by atoms with E-state index in [0.717, 1.165) is 16.7 Å². The molecular formula is C27H32N2O8. The van der Waals surface area contributed by atoms with Gasteiger partial charge in [-0.05, 0) is 54.7 Å². The number of nitrogens with one attached hydrogen (secondary N) is 2. The first-order chi connectivity index (χ1) is 17.5. The molecule has 0 aliphatic rings. The van der Waals surface area contributed by atoms with E-state index in [9.17, 15) is 24.0 Å². The number of carbonyl (C=O) groups is 5. The van der Waals surface area contributed by atoms with Crippen molar-refractivity contribution in [3.8, 4) is 17.2 Å². The minimum absolute atomic E-state index is 0.0387. The van der Waals surface area contributed by atoms with Crippen LogP contribution in [-0.2, 0) is 36.8 Å². The molecule has 0 heterocycles. The Morgan fingerprint density at radius 1 is 0.622 bits per heavy atom. The molecular weight excluding hydrogens is 480 g/mol. The van der Waals surface area contributed by atoms with E-state index in [2.05, 4.69) is 10.6 Å². The molecule has 0 aliphatic heterocycles. The van der Waals surface area contributed by atoms with Gasteiger partial charge in [-0.1, -0.05) is 18.2 Å². The molecule has 0 fully saturated rings. The largest absolute Gasteiger partial charge is 0.426 e. The summed E-state index contributed by atoms with van der Waals surface area (Å²) < 4.78 is 15.3. The van der Waals surface area contributed by atoms with Gasteiger partial charge in [0.05, 0.1) is 0 Å². The van der Waals surface area contributed by atoms with Gasteiger partial charge in [0, 0.05) is 46.7 Å². The van der Waals surface area contributed by atoms with Crippen LogP contribution in [0.1, 0.15) is 50.3 Å². The van der Waals surface area contributed by atoms with Gasteiger partial charge < -0.3 is 24.8 Å². The maximum atomic E-state index is 12.1. The van der Waals surface area contributed by atoms with Crippen LogP contribution in [0.25, 0.3) is 0 Å². The molecule has 37 heavy (non-hydrogen) atoms. The van der Waals surface area contributed by atoms with Gasteiger partial charge in [0.2, 0.25) is 11.8 Å². The second-order valence-corrected chi connectivity index (χ2v) is 8.36. The maximum absolute atomic E-state index is 12.1. The zero-order valence-corrected chi connectivity index (χ0v) is 21.5. The fourth-order valence-electron chi connectivity index (χ4n) is 3.34. The zero-order valence-electron chi connectivity index (χ0n) is 21.5. The van der Waals surface area contributed by atoms with Gasteiger partial charge in [0.1, 0.15) is 5.75 Å². The van der Waals surface area contributed by atoms with Crippen LogP contribution in [0.15, 0.2) is 36.4 Å². The molecule has 10 heteroatoms. The normalized spacial score (nSPS) is 10.3. The topological polar surface area (TPSA) is 137 Å². The summed E-state index contributed by atoms with van der Waals surface area (Å²) in [6.45, 7) is 6.37. The van der Waals surface area contributed by atoms with Crippen molar-refractivity contribution in [2.24, 2.45) is 0 Å². The fourth-order valence-corrected chi connectivity index (χ4v) is 3.34. The molecule has 0 aliphatic carbocycles. The van der Waals surface area contributed by atoms with Crippen LogP contribution in [0, 0.1) is 6.92 Å². The standard InChI is InChI=1S/C27H32N2O8/c1-17-5-6-21(15-24(17)36-19(3)31)11-13-28-26(33)9-10-27(34)29-14-12-22-7-8-23(35-18(2)30)25(16-22)37-20(4)32/h5-8,15-16H,9-14H2,1-4H3,(H,28,33)(H,29,34). The lowest BCUT2D eigenvalue weighted by Crippen LogP contribution is -2.29. The number of aryl methyl sites for hydroxylation is 1. The molecule has 0 atom stereocenters. The Balaban J connectivity index is 1.72. The third kappa shape index (κ3) is 10.9. The Labute approximate surface area is 215 Å². The van der Waals surface area contributed by atoms with Crippen molar-refractivity contribution in [2.75, 3.05) is 13.1 Å².